The van der Waals surface area contributed by atoms with E-state index in [0.717, 1.165) is 12.1 Å². The van der Waals surface area contributed by atoms with Crippen LogP contribution in [0.2, 0.25) is 0 Å². The standard InChI is InChI=1S/C13H20N4O2/c1-8-6-10(7-12(15-8)16-14)13(18)17(3)11-4-5-19-9(11)2/h6-7,9,11H,4-5,14H2,1-3H3,(H,15,16). The van der Waals surface area contributed by atoms with Crippen LogP contribution < -0.4 is 11.3 Å². The third-order valence-corrected chi connectivity index (χ3v) is 3.50. The average Bonchev–Trinajstić information content (AvgIpc) is 2.82. The van der Waals surface area contributed by atoms with Gasteiger partial charge in [-0.1, -0.05) is 0 Å². The van der Waals surface area contributed by atoms with Crippen LogP contribution in [0.5, 0.6) is 0 Å². The van der Waals surface area contributed by atoms with E-state index in [0.29, 0.717) is 18.0 Å². The van der Waals surface area contributed by atoms with Gasteiger partial charge in [0.05, 0.1) is 12.1 Å². The number of nitrogens with one attached hydrogen (secondary N) is 1. The number of nitrogens with two attached hydrogens (primary N) is 1. The predicted octanol–water partition coefficient (Wildman–Crippen LogP) is 0.925. The molecule has 0 bridgehead atoms. The molecule has 0 aromatic carbocycles. The number of ether oxygens (including phenoxy) is 1. The SMILES string of the molecule is Cc1cc(C(=O)N(C)C2CCOC2C)cc(NN)n1. The normalized spacial score (nSPS) is 22.3. The van der Waals surface area contributed by atoms with Crippen molar-refractivity contribution >= 4 is 11.7 Å². The molecule has 6 heteroatoms. The van der Waals surface area contributed by atoms with E-state index >= 15 is 0 Å². The average molecular weight is 264 g/mol. The number of carbonyl (C=O) groups is 1. The summed E-state index contributed by atoms with van der Waals surface area (Å²) in [5.74, 6) is 5.81. The summed E-state index contributed by atoms with van der Waals surface area (Å²) in [4.78, 5) is 18.4. The molecule has 0 saturated carbocycles. The van der Waals surface area contributed by atoms with Gasteiger partial charge in [-0.2, -0.15) is 0 Å². The van der Waals surface area contributed by atoms with Gasteiger partial charge in [0, 0.05) is 24.9 Å². The highest BCUT2D eigenvalue weighted by atomic mass is 16.5. The fraction of sp³-hybridized carbons (Fsp3) is 0.538. The number of carbonyl (C=O) groups excluding carboxylic acids is 1. The van der Waals surface area contributed by atoms with Gasteiger partial charge in [-0.3, -0.25) is 4.79 Å². The molecule has 104 valence electrons. The number of aromatic nitrogens is 1. The van der Waals surface area contributed by atoms with Gasteiger partial charge in [0.15, 0.2) is 0 Å². The number of nitrogen functional groups attached to an aromatic ring is 1. The van der Waals surface area contributed by atoms with Gasteiger partial charge in [-0.15, -0.1) is 0 Å². The Bertz CT molecular complexity index is 478. The zero-order chi connectivity index (χ0) is 14.0. The van der Waals surface area contributed by atoms with Crippen LogP contribution in [0.4, 0.5) is 5.82 Å². The smallest absolute Gasteiger partial charge is 0.254 e. The van der Waals surface area contributed by atoms with E-state index in [2.05, 4.69) is 10.4 Å². The van der Waals surface area contributed by atoms with E-state index in [1.807, 2.05) is 20.9 Å². The molecule has 1 aromatic heterocycles. The number of aryl methyl sites for hydroxylation is 1. The molecule has 1 aliphatic rings. The third kappa shape index (κ3) is 2.85. The minimum Gasteiger partial charge on any atom is -0.376 e. The van der Waals surface area contributed by atoms with Gasteiger partial charge in [0.25, 0.3) is 5.91 Å². The summed E-state index contributed by atoms with van der Waals surface area (Å²) < 4.78 is 5.50. The van der Waals surface area contributed by atoms with Gasteiger partial charge in [-0.05, 0) is 32.4 Å². The molecule has 2 unspecified atom stereocenters. The monoisotopic (exact) mass is 264 g/mol. The Morgan fingerprint density at radius 3 is 2.89 bits per heavy atom. The minimum absolute atomic E-state index is 0.0376. The molecule has 2 atom stereocenters. The van der Waals surface area contributed by atoms with Crippen LogP contribution in [0, 0.1) is 6.92 Å². The first-order valence-corrected chi connectivity index (χ1v) is 6.37. The summed E-state index contributed by atoms with van der Waals surface area (Å²) >= 11 is 0. The van der Waals surface area contributed by atoms with Crippen molar-refractivity contribution in [3.63, 3.8) is 0 Å². The number of hydrogen-bond donors (Lipinski definition) is 2. The Kier molecular flexibility index (Phi) is 4.01. The van der Waals surface area contributed by atoms with E-state index in [-0.39, 0.29) is 18.1 Å². The maximum Gasteiger partial charge on any atom is 0.254 e. The number of hydrogen-bond acceptors (Lipinski definition) is 5. The van der Waals surface area contributed by atoms with Crippen molar-refractivity contribution in [3.05, 3.63) is 23.4 Å². The first-order valence-electron chi connectivity index (χ1n) is 6.37. The Labute approximate surface area is 112 Å². The molecule has 2 rings (SSSR count). The highest BCUT2D eigenvalue weighted by Gasteiger charge is 2.31. The molecule has 3 N–H and O–H groups in total. The zero-order valence-corrected chi connectivity index (χ0v) is 11.5. The predicted molar refractivity (Wildman–Crippen MR) is 72.7 cm³/mol. The summed E-state index contributed by atoms with van der Waals surface area (Å²) in [5, 5.41) is 0. The van der Waals surface area contributed by atoms with Crippen molar-refractivity contribution < 1.29 is 9.53 Å². The van der Waals surface area contributed by atoms with Crippen molar-refractivity contribution in [1.29, 1.82) is 0 Å². The molecule has 1 saturated heterocycles. The van der Waals surface area contributed by atoms with Crippen molar-refractivity contribution in [2.45, 2.75) is 32.4 Å². The quantitative estimate of drug-likeness (QED) is 0.627. The van der Waals surface area contributed by atoms with Crippen LogP contribution in [0.1, 0.15) is 29.4 Å². The first kappa shape index (κ1) is 13.8. The molecule has 1 aromatic rings. The topological polar surface area (TPSA) is 80.5 Å². The van der Waals surface area contributed by atoms with E-state index in [9.17, 15) is 4.79 Å². The number of anilines is 1. The molecule has 1 aliphatic heterocycles. The second-order valence-electron chi connectivity index (χ2n) is 4.87. The highest BCUT2D eigenvalue weighted by molar-refractivity contribution is 5.95. The summed E-state index contributed by atoms with van der Waals surface area (Å²) in [6, 6.07) is 3.54. The molecule has 2 heterocycles. The van der Waals surface area contributed by atoms with Crippen LogP contribution >= 0.6 is 0 Å². The van der Waals surface area contributed by atoms with Gasteiger partial charge in [0.1, 0.15) is 5.82 Å². The molecule has 0 aliphatic carbocycles. The van der Waals surface area contributed by atoms with E-state index in [4.69, 9.17) is 10.6 Å². The Hall–Kier alpha value is -1.66. The Morgan fingerprint density at radius 2 is 2.32 bits per heavy atom. The van der Waals surface area contributed by atoms with Gasteiger partial charge in [-0.25, -0.2) is 10.8 Å². The largest absolute Gasteiger partial charge is 0.376 e. The Balaban J connectivity index is 2.21. The lowest BCUT2D eigenvalue weighted by Crippen LogP contribution is -2.41. The lowest BCUT2D eigenvalue weighted by molar-refractivity contribution is 0.0574. The first-order chi connectivity index (χ1) is 9.02. The number of rotatable bonds is 3. The highest BCUT2D eigenvalue weighted by Crippen LogP contribution is 2.21. The van der Waals surface area contributed by atoms with Gasteiger partial charge < -0.3 is 15.1 Å². The summed E-state index contributed by atoms with van der Waals surface area (Å²) in [6.07, 6.45) is 0.944. The number of nitrogens with zero attached hydrogens (tertiary/aromatic N) is 2. The van der Waals surface area contributed by atoms with Crippen molar-refractivity contribution in [2.75, 3.05) is 19.1 Å². The summed E-state index contributed by atoms with van der Waals surface area (Å²) in [5.41, 5.74) is 3.81. The van der Waals surface area contributed by atoms with Crippen LogP contribution in [-0.4, -0.2) is 41.6 Å². The minimum atomic E-state index is -0.0376. The number of amides is 1. The van der Waals surface area contributed by atoms with Gasteiger partial charge in [0.2, 0.25) is 0 Å². The van der Waals surface area contributed by atoms with Gasteiger partial charge >= 0.3 is 0 Å². The number of pyridine rings is 1. The zero-order valence-electron chi connectivity index (χ0n) is 11.5. The van der Waals surface area contributed by atoms with Crippen LogP contribution in [0.25, 0.3) is 0 Å². The number of hydrazine groups is 1. The van der Waals surface area contributed by atoms with Crippen molar-refractivity contribution in [2.24, 2.45) is 5.84 Å². The summed E-state index contributed by atoms with van der Waals surface area (Å²) in [6.45, 7) is 4.53. The second-order valence-corrected chi connectivity index (χ2v) is 4.87. The molecule has 1 amide bonds. The number of likely N-dealkylation sites (N-methyl/N-ethyl adjacent to an activating group) is 1. The molecular formula is C13H20N4O2. The molecule has 0 spiro atoms. The van der Waals surface area contributed by atoms with Crippen molar-refractivity contribution in [1.82, 2.24) is 9.88 Å². The van der Waals surface area contributed by atoms with Crippen molar-refractivity contribution in [3.8, 4) is 0 Å². The maximum absolute atomic E-state index is 12.5. The Morgan fingerprint density at radius 1 is 1.58 bits per heavy atom. The fourth-order valence-electron chi connectivity index (χ4n) is 2.45. The molecule has 6 nitrogen and oxygen atoms in total. The van der Waals surface area contributed by atoms with E-state index in [1.54, 1.807) is 17.0 Å². The second kappa shape index (κ2) is 5.54. The lowest BCUT2D eigenvalue weighted by Gasteiger charge is -2.27. The molecule has 1 fully saturated rings. The van der Waals surface area contributed by atoms with Crippen LogP contribution in [0.15, 0.2) is 12.1 Å². The van der Waals surface area contributed by atoms with E-state index < -0.39 is 0 Å². The molecule has 0 radical (unpaired) electrons. The molecule has 19 heavy (non-hydrogen) atoms. The van der Waals surface area contributed by atoms with Crippen LogP contribution in [0.3, 0.4) is 0 Å². The molecular weight excluding hydrogens is 244 g/mol. The van der Waals surface area contributed by atoms with Crippen LogP contribution in [-0.2, 0) is 4.74 Å². The maximum atomic E-state index is 12.5. The fourth-order valence-corrected chi connectivity index (χ4v) is 2.45. The summed E-state index contributed by atoms with van der Waals surface area (Å²) in [7, 11) is 1.81. The lowest BCUT2D eigenvalue weighted by atomic mass is 10.1. The third-order valence-electron chi connectivity index (χ3n) is 3.50. The van der Waals surface area contributed by atoms with E-state index in [1.165, 1.54) is 0 Å².